The van der Waals surface area contributed by atoms with Crippen LogP contribution in [0.4, 0.5) is 5.69 Å². The summed E-state index contributed by atoms with van der Waals surface area (Å²) in [4.78, 5) is 6.25. The second kappa shape index (κ2) is 4.10. The SMILES string of the molecule is N#CC1CCCN(c2ccncc2)C1. The van der Waals surface area contributed by atoms with E-state index >= 15 is 0 Å². The smallest absolute Gasteiger partial charge is 0.0674 e. The number of nitrogens with zero attached hydrogens (tertiary/aromatic N) is 3. The van der Waals surface area contributed by atoms with E-state index in [-0.39, 0.29) is 5.92 Å². The third-order valence-electron chi connectivity index (χ3n) is 2.63. The Morgan fingerprint density at radius 3 is 2.93 bits per heavy atom. The van der Waals surface area contributed by atoms with Gasteiger partial charge in [0.15, 0.2) is 0 Å². The second-order valence-corrected chi connectivity index (χ2v) is 3.62. The molecule has 0 bridgehead atoms. The summed E-state index contributed by atoms with van der Waals surface area (Å²) in [6, 6.07) is 6.35. The molecule has 0 saturated carbocycles. The van der Waals surface area contributed by atoms with Crippen LogP contribution in [0.5, 0.6) is 0 Å². The van der Waals surface area contributed by atoms with Crippen LogP contribution in [-0.4, -0.2) is 18.1 Å². The molecule has 1 aromatic rings. The monoisotopic (exact) mass is 187 g/mol. The highest BCUT2D eigenvalue weighted by molar-refractivity contribution is 5.45. The van der Waals surface area contributed by atoms with E-state index in [9.17, 15) is 0 Å². The molecule has 1 saturated heterocycles. The number of pyridine rings is 1. The summed E-state index contributed by atoms with van der Waals surface area (Å²) in [5.41, 5.74) is 1.18. The summed E-state index contributed by atoms with van der Waals surface area (Å²) in [6.45, 7) is 1.92. The van der Waals surface area contributed by atoms with Crippen molar-refractivity contribution >= 4 is 5.69 Å². The van der Waals surface area contributed by atoms with Crippen molar-refractivity contribution in [3.05, 3.63) is 24.5 Å². The van der Waals surface area contributed by atoms with Crippen molar-refractivity contribution in [1.29, 1.82) is 5.26 Å². The lowest BCUT2D eigenvalue weighted by atomic mass is 9.99. The molecular formula is C11H13N3. The van der Waals surface area contributed by atoms with E-state index in [1.165, 1.54) is 5.69 Å². The maximum Gasteiger partial charge on any atom is 0.0674 e. The number of piperidine rings is 1. The molecule has 0 N–H and O–H groups in total. The molecule has 3 nitrogen and oxygen atoms in total. The fraction of sp³-hybridized carbons (Fsp3) is 0.455. The summed E-state index contributed by atoms with van der Waals surface area (Å²) < 4.78 is 0. The first-order chi connectivity index (χ1) is 6.90. The van der Waals surface area contributed by atoms with E-state index in [0.29, 0.717) is 0 Å². The standard InChI is InChI=1S/C11H13N3/c12-8-10-2-1-7-14(9-10)11-3-5-13-6-4-11/h3-6,10H,1-2,7,9H2. The van der Waals surface area contributed by atoms with Gasteiger partial charge in [0.2, 0.25) is 0 Å². The molecule has 0 aliphatic carbocycles. The molecule has 3 heteroatoms. The Bertz CT molecular complexity index is 328. The lowest BCUT2D eigenvalue weighted by Gasteiger charge is -2.31. The van der Waals surface area contributed by atoms with E-state index in [1.54, 1.807) is 12.4 Å². The fourth-order valence-electron chi connectivity index (χ4n) is 1.87. The minimum atomic E-state index is 0.192. The van der Waals surface area contributed by atoms with Crippen LogP contribution >= 0.6 is 0 Å². The Morgan fingerprint density at radius 1 is 1.43 bits per heavy atom. The van der Waals surface area contributed by atoms with Crippen LogP contribution in [0.1, 0.15) is 12.8 Å². The molecule has 0 radical (unpaired) electrons. The Morgan fingerprint density at radius 2 is 2.21 bits per heavy atom. The highest BCUT2D eigenvalue weighted by Gasteiger charge is 2.19. The highest BCUT2D eigenvalue weighted by Crippen LogP contribution is 2.21. The number of hydrogen-bond donors (Lipinski definition) is 0. The minimum absolute atomic E-state index is 0.192. The zero-order valence-electron chi connectivity index (χ0n) is 8.06. The summed E-state index contributed by atoms with van der Waals surface area (Å²) >= 11 is 0. The Balaban J connectivity index is 2.09. The molecule has 0 amide bonds. The van der Waals surface area contributed by atoms with Crippen molar-refractivity contribution in [2.75, 3.05) is 18.0 Å². The molecule has 1 aliphatic heterocycles. The average Bonchev–Trinajstić information content (AvgIpc) is 2.30. The van der Waals surface area contributed by atoms with Gasteiger partial charge < -0.3 is 4.90 Å². The van der Waals surface area contributed by atoms with Crippen LogP contribution in [0.2, 0.25) is 0 Å². The summed E-state index contributed by atoms with van der Waals surface area (Å²) in [6.07, 6.45) is 5.75. The molecule has 0 spiro atoms. The van der Waals surface area contributed by atoms with Crippen molar-refractivity contribution < 1.29 is 0 Å². The van der Waals surface area contributed by atoms with E-state index < -0.39 is 0 Å². The second-order valence-electron chi connectivity index (χ2n) is 3.62. The average molecular weight is 187 g/mol. The van der Waals surface area contributed by atoms with Gasteiger partial charge >= 0.3 is 0 Å². The lowest BCUT2D eigenvalue weighted by molar-refractivity contribution is 0.493. The molecule has 1 atom stereocenters. The topological polar surface area (TPSA) is 39.9 Å². The van der Waals surface area contributed by atoms with E-state index in [2.05, 4.69) is 16.0 Å². The van der Waals surface area contributed by atoms with Gasteiger partial charge in [0.1, 0.15) is 0 Å². The third kappa shape index (κ3) is 1.85. The van der Waals surface area contributed by atoms with Gasteiger partial charge in [0, 0.05) is 31.2 Å². The van der Waals surface area contributed by atoms with Gasteiger partial charge in [0.05, 0.1) is 12.0 Å². The van der Waals surface area contributed by atoms with Crippen molar-refractivity contribution in [2.24, 2.45) is 5.92 Å². The number of anilines is 1. The van der Waals surface area contributed by atoms with Crippen molar-refractivity contribution in [2.45, 2.75) is 12.8 Å². The van der Waals surface area contributed by atoms with Gasteiger partial charge in [-0.3, -0.25) is 4.98 Å². The van der Waals surface area contributed by atoms with Gasteiger partial charge in [-0.1, -0.05) is 0 Å². The lowest BCUT2D eigenvalue weighted by Crippen LogP contribution is -2.34. The summed E-state index contributed by atoms with van der Waals surface area (Å²) in [5.74, 6) is 0.192. The predicted octanol–water partition coefficient (Wildman–Crippen LogP) is 1.82. The van der Waals surface area contributed by atoms with Crippen LogP contribution in [-0.2, 0) is 0 Å². The summed E-state index contributed by atoms with van der Waals surface area (Å²) in [7, 11) is 0. The normalized spacial score (nSPS) is 21.6. The Kier molecular flexibility index (Phi) is 2.64. The van der Waals surface area contributed by atoms with Crippen molar-refractivity contribution in [3.8, 4) is 6.07 Å². The first kappa shape index (κ1) is 9.01. The van der Waals surface area contributed by atoms with Crippen LogP contribution in [0.3, 0.4) is 0 Å². The van der Waals surface area contributed by atoms with E-state index in [4.69, 9.17) is 5.26 Å². The number of rotatable bonds is 1. The maximum absolute atomic E-state index is 8.87. The number of aromatic nitrogens is 1. The van der Waals surface area contributed by atoms with Crippen LogP contribution in [0.25, 0.3) is 0 Å². The van der Waals surface area contributed by atoms with Gasteiger partial charge in [-0.2, -0.15) is 5.26 Å². The fourth-order valence-corrected chi connectivity index (χ4v) is 1.87. The molecular weight excluding hydrogens is 174 g/mol. The minimum Gasteiger partial charge on any atom is -0.370 e. The van der Waals surface area contributed by atoms with Crippen LogP contribution in [0, 0.1) is 17.2 Å². The number of nitriles is 1. The highest BCUT2D eigenvalue weighted by atomic mass is 15.1. The maximum atomic E-state index is 8.87. The van der Waals surface area contributed by atoms with Crippen molar-refractivity contribution in [1.82, 2.24) is 4.98 Å². The first-order valence-electron chi connectivity index (χ1n) is 4.95. The predicted molar refractivity (Wildman–Crippen MR) is 54.8 cm³/mol. The van der Waals surface area contributed by atoms with Gasteiger partial charge in [-0.15, -0.1) is 0 Å². The van der Waals surface area contributed by atoms with E-state index in [0.717, 1.165) is 25.9 Å². The molecule has 0 aromatic carbocycles. The molecule has 1 aromatic heterocycles. The Labute approximate surface area is 84.0 Å². The number of hydrogen-bond acceptors (Lipinski definition) is 3. The van der Waals surface area contributed by atoms with E-state index in [1.807, 2.05) is 12.1 Å². The molecule has 1 fully saturated rings. The van der Waals surface area contributed by atoms with Crippen LogP contribution < -0.4 is 4.90 Å². The molecule has 2 rings (SSSR count). The zero-order chi connectivity index (χ0) is 9.80. The third-order valence-corrected chi connectivity index (χ3v) is 2.63. The van der Waals surface area contributed by atoms with Crippen LogP contribution in [0.15, 0.2) is 24.5 Å². The molecule has 72 valence electrons. The molecule has 1 unspecified atom stereocenters. The summed E-state index contributed by atoms with van der Waals surface area (Å²) in [5, 5.41) is 8.87. The Hall–Kier alpha value is -1.56. The molecule has 2 heterocycles. The largest absolute Gasteiger partial charge is 0.370 e. The molecule has 1 aliphatic rings. The molecule has 14 heavy (non-hydrogen) atoms. The van der Waals surface area contributed by atoms with Crippen molar-refractivity contribution in [3.63, 3.8) is 0 Å². The van der Waals surface area contributed by atoms with Gasteiger partial charge in [-0.05, 0) is 25.0 Å². The first-order valence-corrected chi connectivity index (χ1v) is 4.95. The zero-order valence-corrected chi connectivity index (χ0v) is 8.06. The van der Waals surface area contributed by atoms with Gasteiger partial charge in [-0.25, -0.2) is 0 Å². The quantitative estimate of drug-likeness (QED) is 0.673. The van der Waals surface area contributed by atoms with Gasteiger partial charge in [0.25, 0.3) is 0 Å².